The van der Waals surface area contributed by atoms with E-state index in [1.807, 2.05) is 30.4 Å². The number of aliphatic hydroxyl groups is 1. The second kappa shape index (κ2) is 23.4. The lowest BCUT2D eigenvalue weighted by atomic mass is 9.78. The van der Waals surface area contributed by atoms with Gasteiger partial charge in [-0.25, -0.2) is 4.58 Å². The monoisotopic (exact) mass is 732 g/mol. The molecule has 0 heterocycles. The van der Waals surface area contributed by atoms with Crippen LogP contribution in [0, 0.1) is 0 Å². The third-order valence-corrected chi connectivity index (χ3v) is 12.7. The van der Waals surface area contributed by atoms with Crippen molar-refractivity contribution >= 4 is 47.8 Å². The SMILES string of the molecule is CCCCCCCC(=O)NC1=CC(=[N+](CCC)CCC)C=CC1=C1C(=O)C(c2ccc(P(CCC)CCC)cc2NC(=O)CCCCCCC)=C1O. The summed E-state index contributed by atoms with van der Waals surface area (Å²) in [5, 5.41) is 19.2. The van der Waals surface area contributed by atoms with Gasteiger partial charge in [-0.3, -0.25) is 14.4 Å². The lowest BCUT2D eigenvalue weighted by molar-refractivity contribution is -0.526. The van der Waals surface area contributed by atoms with Crippen molar-refractivity contribution in [3.8, 4) is 0 Å². The maximum Gasteiger partial charge on any atom is 0.224 e. The minimum Gasteiger partial charge on any atom is -0.506 e. The number of amides is 2. The van der Waals surface area contributed by atoms with Crippen molar-refractivity contribution in [2.24, 2.45) is 0 Å². The zero-order valence-corrected chi connectivity index (χ0v) is 34.1. The number of nitrogens with one attached hydrogen (secondary N) is 2. The number of carbonyl (C=O) groups is 3. The Balaban J connectivity index is 2.05. The number of anilines is 1. The lowest BCUT2D eigenvalue weighted by Gasteiger charge is -2.28. The normalized spacial score (nSPS) is 15.6. The molecule has 0 unspecified atom stereocenters. The van der Waals surface area contributed by atoms with E-state index in [2.05, 4.69) is 62.8 Å². The molecule has 0 aliphatic heterocycles. The van der Waals surface area contributed by atoms with Crippen molar-refractivity contribution in [1.29, 1.82) is 0 Å². The Hall–Kier alpha value is -3.31. The minimum atomic E-state index is -0.400. The van der Waals surface area contributed by atoms with Crippen molar-refractivity contribution < 1.29 is 24.1 Å². The van der Waals surface area contributed by atoms with E-state index in [9.17, 15) is 19.5 Å². The summed E-state index contributed by atoms with van der Waals surface area (Å²) in [6, 6.07) is 6.03. The summed E-state index contributed by atoms with van der Waals surface area (Å²) in [6.45, 7) is 14.8. The summed E-state index contributed by atoms with van der Waals surface area (Å²) >= 11 is 0. The van der Waals surface area contributed by atoms with Gasteiger partial charge < -0.3 is 15.7 Å². The minimum absolute atomic E-state index is 0.0692. The number of carbonyl (C=O) groups excluding carboxylic acids is 3. The highest BCUT2D eigenvalue weighted by molar-refractivity contribution is 7.65. The highest BCUT2D eigenvalue weighted by Gasteiger charge is 2.39. The van der Waals surface area contributed by atoms with Gasteiger partial charge in [0.25, 0.3) is 0 Å². The number of benzene rings is 1. The smallest absolute Gasteiger partial charge is 0.224 e. The zero-order chi connectivity index (χ0) is 37.9. The van der Waals surface area contributed by atoms with Crippen LogP contribution in [0.4, 0.5) is 5.69 Å². The van der Waals surface area contributed by atoms with Gasteiger partial charge in [-0.1, -0.05) is 126 Å². The van der Waals surface area contributed by atoms with Crippen molar-refractivity contribution in [3.63, 3.8) is 0 Å². The van der Waals surface area contributed by atoms with Crippen molar-refractivity contribution in [2.75, 3.05) is 30.7 Å². The standard InChI is InChI=1S/C44H66N3O4P/c1-7-13-15-17-19-21-39(48)45-37-31-33(47(27-9-3)28-10-4)23-25-35(37)41-43(50)42(44(41)51)36-26-24-34(52(29-11-5)30-12-6)32-38(36)46-40(49)22-20-18-16-14-8-2/h23-26,31-32H,7-22,27-30H2,1-6H3,(H2,45,46,48,49,50,51)/p+1. The number of hydrogen-bond acceptors (Lipinski definition) is 4. The topological polar surface area (TPSA) is 98.5 Å². The molecule has 0 bridgehead atoms. The van der Waals surface area contributed by atoms with Crippen molar-refractivity contribution in [2.45, 2.75) is 144 Å². The molecule has 2 aliphatic carbocycles. The molecule has 0 fully saturated rings. The number of aliphatic hydroxyl groups excluding tert-OH is 1. The predicted octanol–water partition coefficient (Wildman–Crippen LogP) is 10.3. The molecule has 3 rings (SSSR count). The Morgan fingerprint density at radius 1 is 0.692 bits per heavy atom. The van der Waals surface area contributed by atoms with Gasteiger partial charge in [0, 0.05) is 54.7 Å². The molecule has 0 aromatic heterocycles. The van der Waals surface area contributed by atoms with Crippen LogP contribution >= 0.6 is 7.92 Å². The Labute approximate surface area is 316 Å². The maximum atomic E-state index is 14.2. The maximum absolute atomic E-state index is 14.2. The summed E-state index contributed by atoms with van der Waals surface area (Å²) in [6.07, 6.45) is 23.5. The molecule has 2 aliphatic rings. The molecule has 1 aromatic rings. The third kappa shape index (κ3) is 12.4. The van der Waals surface area contributed by atoms with Crippen LogP contribution in [0.15, 0.2) is 59.0 Å². The summed E-state index contributed by atoms with van der Waals surface area (Å²) < 4.78 is 2.30. The van der Waals surface area contributed by atoms with Crippen LogP contribution in [-0.2, 0) is 14.4 Å². The highest BCUT2D eigenvalue weighted by Crippen LogP contribution is 2.44. The molecule has 0 saturated heterocycles. The average Bonchev–Trinajstić information content (AvgIpc) is 3.12. The van der Waals surface area contributed by atoms with Crippen LogP contribution in [0.5, 0.6) is 0 Å². The van der Waals surface area contributed by atoms with Gasteiger partial charge >= 0.3 is 0 Å². The van der Waals surface area contributed by atoms with Gasteiger partial charge in [0.1, 0.15) is 18.8 Å². The first-order valence-corrected chi connectivity index (χ1v) is 22.2. The molecule has 0 atom stereocenters. The predicted molar refractivity (Wildman–Crippen MR) is 221 cm³/mol. The van der Waals surface area contributed by atoms with Crippen molar-refractivity contribution in [3.05, 3.63) is 64.6 Å². The summed E-state index contributed by atoms with van der Waals surface area (Å²) in [5.74, 6) is -0.542. The summed E-state index contributed by atoms with van der Waals surface area (Å²) in [4.78, 5) is 40.6. The molecular formula is C44H67N3O4P+. The van der Waals surface area contributed by atoms with E-state index in [0.717, 1.165) is 108 Å². The first-order valence-electron chi connectivity index (χ1n) is 20.5. The average molecular weight is 733 g/mol. The first-order chi connectivity index (χ1) is 25.2. The van der Waals surface area contributed by atoms with Crippen LogP contribution < -0.4 is 15.9 Å². The van der Waals surface area contributed by atoms with Gasteiger partial charge in [0.05, 0.1) is 16.8 Å². The van der Waals surface area contributed by atoms with Crippen LogP contribution in [0.2, 0.25) is 0 Å². The third-order valence-electron chi connectivity index (χ3n) is 9.74. The van der Waals surface area contributed by atoms with Gasteiger partial charge in [-0.15, -0.1) is 0 Å². The molecule has 0 saturated carbocycles. The molecule has 3 N–H and O–H groups in total. The van der Waals surface area contributed by atoms with E-state index >= 15 is 0 Å². The molecular weight excluding hydrogens is 665 g/mol. The number of Topliss-reactive ketones (excluding diaryl/α,β-unsaturated/α-hetero) is 1. The van der Waals surface area contributed by atoms with Crippen LogP contribution in [0.3, 0.4) is 0 Å². The lowest BCUT2D eigenvalue weighted by Crippen LogP contribution is -2.31. The van der Waals surface area contributed by atoms with Crippen molar-refractivity contribution in [1.82, 2.24) is 5.32 Å². The Kier molecular flexibility index (Phi) is 19.4. The second-order valence-electron chi connectivity index (χ2n) is 14.3. The number of unbranched alkanes of at least 4 members (excludes halogenated alkanes) is 8. The van der Waals surface area contributed by atoms with E-state index in [4.69, 9.17) is 0 Å². The molecule has 8 heteroatoms. The number of rotatable bonds is 24. The van der Waals surface area contributed by atoms with Crippen LogP contribution in [0.1, 0.15) is 150 Å². The Morgan fingerprint density at radius 3 is 1.81 bits per heavy atom. The summed E-state index contributed by atoms with van der Waals surface area (Å²) in [7, 11) is -0.400. The molecule has 2 amide bonds. The van der Waals surface area contributed by atoms with E-state index in [0.29, 0.717) is 35.4 Å². The molecule has 52 heavy (non-hydrogen) atoms. The number of nitrogens with zero attached hydrogens (tertiary/aromatic N) is 1. The first kappa shape index (κ1) is 43.1. The molecule has 0 spiro atoms. The zero-order valence-electron chi connectivity index (χ0n) is 33.2. The number of ketones is 1. The molecule has 1 aromatic carbocycles. The van der Waals surface area contributed by atoms with E-state index in [1.54, 1.807) is 0 Å². The largest absolute Gasteiger partial charge is 0.506 e. The summed E-state index contributed by atoms with van der Waals surface area (Å²) in [5.41, 5.74) is 3.59. The van der Waals surface area contributed by atoms with Gasteiger partial charge in [0.2, 0.25) is 23.3 Å². The fraction of sp³-hybridized carbons (Fsp3) is 0.591. The molecule has 0 radical (unpaired) electrons. The fourth-order valence-corrected chi connectivity index (χ4v) is 9.44. The quantitative estimate of drug-likeness (QED) is 0.0427. The molecule has 286 valence electrons. The van der Waals surface area contributed by atoms with Crippen LogP contribution in [-0.4, -0.2) is 58.4 Å². The Morgan fingerprint density at radius 2 is 1.27 bits per heavy atom. The van der Waals surface area contributed by atoms with E-state index in [1.165, 1.54) is 18.1 Å². The number of allylic oxidation sites excluding steroid dienone is 5. The fourth-order valence-electron chi connectivity index (χ4n) is 7.03. The molecule has 7 nitrogen and oxygen atoms in total. The second-order valence-corrected chi connectivity index (χ2v) is 16.8. The van der Waals surface area contributed by atoms with Gasteiger partial charge in [0.15, 0.2) is 0 Å². The van der Waals surface area contributed by atoms with E-state index in [-0.39, 0.29) is 34.5 Å². The van der Waals surface area contributed by atoms with E-state index < -0.39 is 7.92 Å². The van der Waals surface area contributed by atoms with Gasteiger partial charge in [-0.05, 0) is 42.6 Å². The van der Waals surface area contributed by atoms with Gasteiger partial charge in [-0.2, -0.15) is 0 Å². The highest BCUT2D eigenvalue weighted by atomic mass is 31.1. The van der Waals surface area contributed by atoms with Crippen LogP contribution in [0.25, 0.3) is 5.57 Å². The number of hydrogen-bond donors (Lipinski definition) is 3. The Bertz CT molecular complexity index is 1520.